The van der Waals surface area contributed by atoms with E-state index in [2.05, 4.69) is 58.0 Å². The molecule has 102 valence electrons. The molecule has 0 amide bonds. The zero-order valence-electron chi connectivity index (χ0n) is 12.4. The highest BCUT2D eigenvalue weighted by molar-refractivity contribution is 5.23. The van der Waals surface area contributed by atoms with E-state index in [-0.39, 0.29) is 5.54 Å². The monoisotopic (exact) mass is 247 g/mol. The van der Waals surface area contributed by atoms with Crippen LogP contribution in [-0.2, 0) is 5.54 Å². The number of benzene rings is 1. The van der Waals surface area contributed by atoms with Gasteiger partial charge in [-0.25, -0.2) is 0 Å². The van der Waals surface area contributed by atoms with E-state index in [0.29, 0.717) is 5.92 Å². The summed E-state index contributed by atoms with van der Waals surface area (Å²) >= 11 is 0. The smallest absolute Gasteiger partial charge is 0.0412 e. The molecule has 0 saturated heterocycles. The lowest BCUT2D eigenvalue weighted by molar-refractivity contribution is 0.284. The van der Waals surface area contributed by atoms with Crippen LogP contribution in [0.1, 0.15) is 58.9 Å². The summed E-state index contributed by atoms with van der Waals surface area (Å²) in [6.07, 6.45) is 4.55. The van der Waals surface area contributed by atoms with Gasteiger partial charge < -0.3 is 5.73 Å². The van der Waals surface area contributed by atoms with Gasteiger partial charge in [0.05, 0.1) is 0 Å². The molecule has 2 unspecified atom stereocenters. The Hall–Kier alpha value is -0.820. The Morgan fingerprint density at radius 1 is 1.11 bits per heavy atom. The van der Waals surface area contributed by atoms with Gasteiger partial charge >= 0.3 is 0 Å². The van der Waals surface area contributed by atoms with Crippen molar-refractivity contribution >= 4 is 0 Å². The Labute approximate surface area is 113 Å². The highest BCUT2D eigenvalue weighted by atomic mass is 14.7. The molecule has 0 saturated carbocycles. The van der Waals surface area contributed by atoms with E-state index in [9.17, 15) is 0 Å². The first-order chi connectivity index (χ1) is 8.48. The molecule has 1 nitrogen and oxygen atoms in total. The first kappa shape index (κ1) is 15.2. The van der Waals surface area contributed by atoms with Crippen LogP contribution in [0, 0.1) is 11.8 Å². The van der Waals surface area contributed by atoms with Gasteiger partial charge in [-0.1, -0.05) is 64.4 Å². The van der Waals surface area contributed by atoms with Crippen molar-refractivity contribution in [1.29, 1.82) is 0 Å². The van der Waals surface area contributed by atoms with Crippen molar-refractivity contribution in [1.82, 2.24) is 0 Å². The fourth-order valence-electron chi connectivity index (χ4n) is 3.09. The molecule has 0 aliphatic rings. The maximum absolute atomic E-state index is 6.71. The minimum absolute atomic E-state index is 0.148. The standard InChI is InChI=1S/C17H29N/c1-5-11-17(18,13-15(4)12-14(2)3)16-9-7-6-8-10-16/h6-10,14-15H,5,11-13,18H2,1-4H3. The Balaban J connectivity index is 2.80. The van der Waals surface area contributed by atoms with Crippen molar-refractivity contribution in [2.24, 2.45) is 17.6 Å². The second-order valence-corrected chi connectivity index (χ2v) is 6.21. The van der Waals surface area contributed by atoms with Crippen LogP contribution in [0.15, 0.2) is 30.3 Å². The molecule has 0 spiro atoms. The molecule has 2 atom stereocenters. The molecule has 2 N–H and O–H groups in total. The van der Waals surface area contributed by atoms with Gasteiger partial charge in [0.2, 0.25) is 0 Å². The van der Waals surface area contributed by atoms with E-state index in [1.165, 1.54) is 12.0 Å². The number of rotatable bonds is 7. The van der Waals surface area contributed by atoms with Crippen LogP contribution in [-0.4, -0.2) is 0 Å². The van der Waals surface area contributed by atoms with E-state index < -0.39 is 0 Å². The average Bonchev–Trinajstić information content (AvgIpc) is 2.29. The first-order valence-corrected chi connectivity index (χ1v) is 7.32. The third-order valence-electron chi connectivity index (χ3n) is 3.63. The van der Waals surface area contributed by atoms with Crippen LogP contribution in [0.25, 0.3) is 0 Å². The van der Waals surface area contributed by atoms with Crippen LogP contribution < -0.4 is 5.73 Å². The minimum Gasteiger partial charge on any atom is -0.321 e. The topological polar surface area (TPSA) is 26.0 Å². The van der Waals surface area contributed by atoms with Crippen molar-refractivity contribution < 1.29 is 0 Å². The van der Waals surface area contributed by atoms with Gasteiger partial charge in [0, 0.05) is 5.54 Å². The predicted octanol–water partition coefficient (Wildman–Crippen LogP) is 4.71. The van der Waals surface area contributed by atoms with E-state index in [4.69, 9.17) is 5.73 Å². The molecule has 0 aliphatic heterocycles. The Morgan fingerprint density at radius 2 is 1.72 bits per heavy atom. The Bertz CT molecular complexity index is 331. The van der Waals surface area contributed by atoms with Gasteiger partial charge in [-0.15, -0.1) is 0 Å². The molecule has 1 aromatic carbocycles. The third-order valence-corrected chi connectivity index (χ3v) is 3.63. The molecule has 0 heterocycles. The van der Waals surface area contributed by atoms with Crippen molar-refractivity contribution in [2.75, 3.05) is 0 Å². The molecule has 18 heavy (non-hydrogen) atoms. The summed E-state index contributed by atoms with van der Waals surface area (Å²) in [5.74, 6) is 1.43. The number of hydrogen-bond acceptors (Lipinski definition) is 1. The third kappa shape index (κ3) is 4.45. The lowest BCUT2D eigenvalue weighted by Gasteiger charge is -2.33. The molecular weight excluding hydrogens is 218 g/mol. The molecule has 0 aromatic heterocycles. The summed E-state index contributed by atoms with van der Waals surface area (Å²) < 4.78 is 0. The quantitative estimate of drug-likeness (QED) is 0.741. The highest BCUT2D eigenvalue weighted by Crippen LogP contribution is 2.32. The van der Waals surface area contributed by atoms with Gasteiger partial charge in [-0.3, -0.25) is 0 Å². The van der Waals surface area contributed by atoms with Gasteiger partial charge in [0.15, 0.2) is 0 Å². The predicted molar refractivity (Wildman–Crippen MR) is 80.5 cm³/mol. The maximum atomic E-state index is 6.71. The fraction of sp³-hybridized carbons (Fsp3) is 0.647. The zero-order valence-corrected chi connectivity index (χ0v) is 12.4. The molecular formula is C17H29N. The lowest BCUT2D eigenvalue weighted by atomic mass is 9.77. The van der Waals surface area contributed by atoms with Gasteiger partial charge in [-0.2, -0.15) is 0 Å². The van der Waals surface area contributed by atoms with Crippen molar-refractivity contribution in [2.45, 2.75) is 58.9 Å². The van der Waals surface area contributed by atoms with E-state index >= 15 is 0 Å². The van der Waals surface area contributed by atoms with Crippen molar-refractivity contribution in [3.05, 3.63) is 35.9 Å². The largest absolute Gasteiger partial charge is 0.321 e. The summed E-state index contributed by atoms with van der Waals surface area (Å²) in [5, 5.41) is 0. The number of hydrogen-bond donors (Lipinski definition) is 1. The second-order valence-electron chi connectivity index (χ2n) is 6.21. The second kappa shape index (κ2) is 6.94. The summed E-state index contributed by atoms with van der Waals surface area (Å²) in [6, 6.07) is 10.6. The maximum Gasteiger partial charge on any atom is 0.0412 e. The molecule has 1 heteroatoms. The van der Waals surface area contributed by atoms with E-state index in [1.54, 1.807) is 0 Å². The summed E-state index contributed by atoms with van der Waals surface area (Å²) in [4.78, 5) is 0. The summed E-state index contributed by atoms with van der Waals surface area (Å²) in [7, 11) is 0. The van der Waals surface area contributed by atoms with Crippen molar-refractivity contribution in [3.63, 3.8) is 0 Å². The fourth-order valence-corrected chi connectivity index (χ4v) is 3.09. The van der Waals surface area contributed by atoms with Crippen LogP contribution >= 0.6 is 0 Å². The molecule has 0 radical (unpaired) electrons. The first-order valence-electron chi connectivity index (χ1n) is 7.32. The minimum atomic E-state index is -0.148. The Kier molecular flexibility index (Phi) is 5.87. The summed E-state index contributed by atoms with van der Waals surface area (Å²) in [5.41, 5.74) is 7.85. The molecule has 0 fully saturated rings. The van der Waals surface area contributed by atoms with Crippen LogP contribution in [0.5, 0.6) is 0 Å². The molecule has 0 aliphatic carbocycles. The number of nitrogens with two attached hydrogens (primary N) is 1. The lowest BCUT2D eigenvalue weighted by Crippen LogP contribution is -2.38. The normalized spacial score (nSPS) is 16.6. The van der Waals surface area contributed by atoms with Gasteiger partial charge in [-0.05, 0) is 36.7 Å². The Morgan fingerprint density at radius 3 is 2.22 bits per heavy atom. The van der Waals surface area contributed by atoms with Gasteiger partial charge in [0.25, 0.3) is 0 Å². The molecule has 1 aromatic rings. The zero-order chi connectivity index (χ0) is 13.6. The van der Waals surface area contributed by atoms with E-state index in [0.717, 1.165) is 25.2 Å². The van der Waals surface area contributed by atoms with Crippen molar-refractivity contribution in [3.8, 4) is 0 Å². The average molecular weight is 247 g/mol. The molecule has 0 bridgehead atoms. The SMILES string of the molecule is CCCC(N)(CC(C)CC(C)C)c1ccccc1. The van der Waals surface area contributed by atoms with Crippen LogP contribution in [0.3, 0.4) is 0 Å². The van der Waals surface area contributed by atoms with Gasteiger partial charge in [0.1, 0.15) is 0 Å². The highest BCUT2D eigenvalue weighted by Gasteiger charge is 2.28. The van der Waals surface area contributed by atoms with E-state index in [1.807, 2.05) is 0 Å². The van der Waals surface area contributed by atoms with Crippen LogP contribution in [0.2, 0.25) is 0 Å². The van der Waals surface area contributed by atoms with Crippen LogP contribution in [0.4, 0.5) is 0 Å². The summed E-state index contributed by atoms with van der Waals surface area (Å²) in [6.45, 7) is 9.13. The molecule has 1 rings (SSSR count).